The molecule has 2 amide bonds. The molecule has 6 nitrogen and oxygen atoms in total. The Morgan fingerprint density at radius 2 is 2.00 bits per heavy atom. The molecule has 140 valence electrons. The van der Waals surface area contributed by atoms with E-state index in [1.54, 1.807) is 4.90 Å². The van der Waals surface area contributed by atoms with Crippen molar-refractivity contribution in [3.8, 4) is 5.75 Å². The number of benzene rings is 1. The lowest BCUT2D eigenvalue weighted by molar-refractivity contribution is -0.137. The van der Waals surface area contributed by atoms with Crippen molar-refractivity contribution in [2.75, 3.05) is 39.3 Å². The third-order valence-electron chi connectivity index (χ3n) is 4.10. The number of halogens is 1. The number of hydrogen-bond donors (Lipinski definition) is 2. The predicted octanol–water partition coefficient (Wildman–Crippen LogP) is 1.45. The van der Waals surface area contributed by atoms with Gasteiger partial charge in [-0.25, -0.2) is 0 Å². The second-order valence-corrected chi connectivity index (χ2v) is 5.93. The SMILES string of the molecule is CCNCCNC(=O)C1CCCN(C(=O)COc2ccccc2)C1.Cl. The fourth-order valence-electron chi connectivity index (χ4n) is 2.77. The zero-order chi connectivity index (χ0) is 17.2. The van der Waals surface area contributed by atoms with Crippen molar-refractivity contribution < 1.29 is 14.3 Å². The highest BCUT2D eigenvalue weighted by atomic mass is 35.5. The van der Waals surface area contributed by atoms with Crippen LogP contribution in [0.25, 0.3) is 0 Å². The summed E-state index contributed by atoms with van der Waals surface area (Å²) in [4.78, 5) is 26.2. The molecule has 0 bridgehead atoms. The summed E-state index contributed by atoms with van der Waals surface area (Å²) in [5.74, 6) is 0.528. The standard InChI is InChI=1S/C18H27N3O3.ClH/c1-2-19-10-11-20-18(23)15-7-6-12-21(13-15)17(22)14-24-16-8-4-3-5-9-16;/h3-5,8-9,15,19H,2,6-7,10-14H2,1H3,(H,20,23);1H. The third kappa shape index (κ3) is 7.32. The van der Waals surface area contributed by atoms with Crippen molar-refractivity contribution in [1.82, 2.24) is 15.5 Å². The number of ether oxygens (including phenoxy) is 1. The Hall–Kier alpha value is -1.79. The van der Waals surface area contributed by atoms with Gasteiger partial charge in [-0.15, -0.1) is 12.4 Å². The van der Waals surface area contributed by atoms with E-state index in [9.17, 15) is 9.59 Å². The van der Waals surface area contributed by atoms with Gasteiger partial charge in [0.05, 0.1) is 5.92 Å². The van der Waals surface area contributed by atoms with E-state index < -0.39 is 0 Å². The number of nitrogens with one attached hydrogen (secondary N) is 2. The summed E-state index contributed by atoms with van der Waals surface area (Å²) in [7, 11) is 0. The number of likely N-dealkylation sites (tertiary alicyclic amines) is 1. The molecule has 1 unspecified atom stereocenters. The summed E-state index contributed by atoms with van der Waals surface area (Å²) >= 11 is 0. The molecule has 0 aliphatic carbocycles. The van der Waals surface area contributed by atoms with Crippen LogP contribution in [0.1, 0.15) is 19.8 Å². The van der Waals surface area contributed by atoms with Gasteiger partial charge in [-0.2, -0.15) is 0 Å². The molecule has 0 saturated carbocycles. The predicted molar refractivity (Wildman–Crippen MR) is 100 cm³/mol. The molecular formula is C18H28ClN3O3. The van der Waals surface area contributed by atoms with Gasteiger partial charge in [-0.1, -0.05) is 25.1 Å². The molecule has 1 aliphatic heterocycles. The number of carbonyl (C=O) groups is 2. The first-order valence-corrected chi connectivity index (χ1v) is 8.64. The number of nitrogens with zero attached hydrogens (tertiary/aromatic N) is 1. The van der Waals surface area contributed by atoms with Crippen molar-refractivity contribution in [2.45, 2.75) is 19.8 Å². The monoisotopic (exact) mass is 369 g/mol. The minimum absolute atomic E-state index is 0. The average molecular weight is 370 g/mol. The van der Waals surface area contributed by atoms with Crippen LogP contribution in [0, 0.1) is 5.92 Å². The van der Waals surface area contributed by atoms with Gasteiger partial charge in [0, 0.05) is 26.2 Å². The van der Waals surface area contributed by atoms with E-state index in [0.717, 1.165) is 25.9 Å². The summed E-state index contributed by atoms with van der Waals surface area (Å²) < 4.78 is 5.51. The van der Waals surface area contributed by atoms with E-state index in [-0.39, 0.29) is 36.7 Å². The van der Waals surface area contributed by atoms with Gasteiger partial charge in [-0.05, 0) is 31.5 Å². The van der Waals surface area contributed by atoms with E-state index in [4.69, 9.17) is 4.74 Å². The summed E-state index contributed by atoms with van der Waals surface area (Å²) in [6, 6.07) is 9.29. The largest absolute Gasteiger partial charge is 0.484 e. The molecule has 0 aromatic heterocycles. The van der Waals surface area contributed by atoms with Crippen LogP contribution in [-0.4, -0.2) is 56.0 Å². The van der Waals surface area contributed by atoms with Gasteiger partial charge >= 0.3 is 0 Å². The summed E-state index contributed by atoms with van der Waals surface area (Å²) in [5, 5.41) is 6.10. The third-order valence-corrected chi connectivity index (χ3v) is 4.10. The average Bonchev–Trinajstić information content (AvgIpc) is 2.64. The first-order valence-electron chi connectivity index (χ1n) is 8.64. The van der Waals surface area contributed by atoms with E-state index >= 15 is 0 Å². The van der Waals surface area contributed by atoms with Gasteiger partial charge < -0.3 is 20.3 Å². The molecule has 1 aromatic rings. The second-order valence-electron chi connectivity index (χ2n) is 5.93. The topological polar surface area (TPSA) is 70.7 Å². The number of piperidine rings is 1. The highest BCUT2D eigenvalue weighted by molar-refractivity contribution is 5.85. The molecule has 1 fully saturated rings. The number of amides is 2. The van der Waals surface area contributed by atoms with Crippen LogP contribution in [0.2, 0.25) is 0 Å². The molecular weight excluding hydrogens is 342 g/mol. The van der Waals surface area contributed by atoms with Crippen LogP contribution in [0.5, 0.6) is 5.75 Å². The van der Waals surface area contributed by atoms with Gasteiger partial charge in [0.25, 0.3) is 5.91 Å². The number of hydrogen-bond acceptors (Lipinski definition) is 4. The van der Waals surface area contributed by atoms with E-state index in [2.05, 4.69) is 10.6 Å². The van der Waals surface area contributed by atoms with Crippen molar-refractivity contribution in [3.05, 3.63) is 30.3 Å². The Labute approximate surface area is 155 Å². The smallest absolute Gasteiger partial charge is 0.260 e. The molecule has 1 atom stereocenters. The fourth-order valence-corrected chi connectivity index (χ4v) is 2.77. The normalized spacial score (nSPS) is 16.7. The van der Waals surface area contributed by atoms with Crippen LogP contribution >= 0.6 is 12.4 Å². The van der Waals surface area contributed by atoms with Crippen LogP contribution in [0.15, 0.2) is 30.3 Å². The molecule has 0 radical (unpaired) electrons. The quantitative estimate of drug-likeness (QED) is 0.680. The fraction of sp³-hybridized carbons (Fsp3) is 0.556. The molecule has 1 saturated heterocycles. The second kappa shape index (κ2) is 11.7. The Kier molecular flexibility index (Phi) is 9.96. The molecule has 2 rings (SSSR count). The van der Waals surface area contributed by atoms with Gasteiger partial charge in [-0.3, -0.25) is 9.59 Å². The maximum Gasteiger partial charge on any atom is 0.260 e. The van der Waals surface area contributed by atoms with Crippen molar-refractivity contribution >= 4 is 24.2 Å². The molecule has 1 heterocycles. The highest BCUT2D eigenvalue weighted by Crippen LogP contribution is 2.17. The van der Waals surface area contributed by atoms with Crippen LogP contribution in [-0.2, 0) is 9.59 Å². The van der Waals surface area contributed by atoms with Gasteiger partial charge in [0.2, 0.25) is 5.91 Å². The lowest BCUT2D eigenvalue weighted by Crippen LogP contribution is -2.47. The molecule has 25 heavy (non-hydrogen) atoms. The van der Waals surface area contributed by atoms with Crippen molar-refractivity contribution in [2.24, 2.45) is 5.92 Å². The van der Waals surface area contributed by atoms with E-state index in [1.165, 1.54) is 0 Å². The van der Waals surface area contributed by atoms with Crippen LogP contribution < -0.4 is 15.4 Å². The van der Waals surface area contributed by atoms with Crippen LogP contribution in [0.3, 0.4) is 0 Å². The molecule has 7 heteroatoms. The summed E-state index contributed by atoms with van der Waals surface area (Å²) in [6.45, 7) is 5.49. The maximum absolute atomic E-state index is 12.3. The minimum Gasteiger partial charge on any atom is -0.484 e. The van der Waals surface area contributed by atoms with E-state index in [1.807, 2.05) is 37.3 Å². The Morgan fingerprint density at radius 3 is 2.72 bits per heavy atom. The molecule has 1 aliphatic rings. The number of rotatable bonds is 8. The summed E-state index contributed by atoms with van der Waals surface area (Å²) in [6.07, 6.45) is 1.68. The first kappa shape index (κ1) is 21.3. The zero-order valence-corrected chi connectivity index (χ0v) is 15.5. The lowest BCUT2D eigenvalue weighted by atomic mass is 9.97. The Balaban J connectivity index is 0.00000312. The molecule has 0 spiro atoms. The van der Waals surface area contributed by atoms with Gasteiger partial charge in [0.1, 0.15) is 5.75 Å². The molecule has 1 aromatic carbocycles. The summed E-state index contributed by atoms with van der Waals surface area (Å²) in [5.41, 5.74) is 0. The number of para-hydroxylation sites is 1. The lowest BCUT2D eigenvalue weighted by Gasteiger charge is -2.32. The Morgan fingerprint density at radius 1 is 1.24 bits per heavy atom. The van der Waals surface area contributed by atoms with E-state index in [0.29, 0.717) is 25.4 Å². The number of carbonyl (C=O) groups excluding carboxylic acids is 2. The van der Waals surface area contributed by atoms with Gasteiger partial charge in [0.15, 0.2) is 6.61 Å². The van der Waals surface area contributed by atoms with Crippen molar-refractivity contribution in [3.63, 3.8) is 0 Å². The highest BCUT2D eigenvalue weighted by Gasteiger charge is 2.28. The zero-order valence-electron chi connectivity index (χ0n) is 14.7. The number of likely N-dealkylation sites (N-methyl/N-ethyl adjacent to an activating group) is 1. The van der Waals surface area contributed by atoms with Crippen molar-refractivity contribution in [1.29, 1.82) is 0 Å². The minimum atomic E-state index is -0.124. The first-order chi connectivity index (χ1) is 11.7. The van der Waals surface area contributed by atoms with Crippen LogP contribution in [0.4, 0.5) is 0 Å². The Bertz CT molecular complexity index is 528. The molecule has 2 N–H and O–H groups in total. The maximum atomic E-state index is 12.3.